The minimum Gasteiger partial charge on any atom is -0.457 e. The minimum atomic E-state index is -0.0327. The smallest absolute Gasteiger partial charge is 0.173 e. The van der Waals surface area contributed by atoms with E-state index in [-0.39, 0.29) is 6.04 Å². The molecule has 1 aromatic rings. The molecule has 1 unspecified atom stereocenters. The second-order valence-corrected chi connectivity index (χ2v) is 3.66. The van der Waals surface area contributed by atoms with Crippen LogP contribution in [0.15, 0.2) is 21.4 Å². The van der Waals surface area contributed by atoms with Crippen LogP contribution in [-0.2, 0) is 4.74 Å². The standard InChI is InChI=1S/C9H15BrN2O2/c1-2-4-13-6-8(12-11)7-3-5-14-9(7)10/h3,5,8,12H,2,4,6,11H2,1H3. The molecule has 0 saturated heterocycles. The van der Waals surface area contributed by atoms with Gasteiger partial charge in [0.25, 0.3) is 0 Å². The molecule has 0 aliphatic heterocycles. The molecule has 1 rings (SSSR count). The molecule has 1 atom stereocenters. The maximum Gasteiger partial charge on any atom is 0.173 e. The van der Waals surface area contributed by atoms with Crippen molar-refractivity contribution in [2.24, 2.45) is 5.84 Å². The summed E-state index contributed by atoms with van der Waals surface area (Å²) in [4.78, 5) is 0. The molecule has 0 saturated carbocycles. The van der Waals surface area contributed by atoms with Gasteiger partial charge >= 0.3 is 0 Å². The number of nitrogens with two attached hydrogens (primary N) is 1. The van der Waals surface area contributed by atoms with Gasteiger partial charge in [0.2, 0.25) is 0 Å². The number of hydrogen-bond donors (Lipinski definition) is 2. The van der Waals surface area contributed by atoms with Gasteiger partial charge in [0, 0.05) is 12.2 Å². The van der Waals surface area contributed by atoms with E-state index >= 15 is 0 Å². The molecule has 14 heavy (non-hydrogen) atoms. The van der Waals surface area contributed by atoms with E-state index in [4.69, 9.17) is 15.0 Å². The van der Waals surface area contributed by atoms with E-state index in [1.807, 2.05) is 6.07 Å². The summed E-state index contributed by atoms with van der Waals surface area (Å²) in [6.07, 6.45) is 2.62. The van der Waals surface area contributed by atoms with E-state index in [9.17, 15) is 0 Å². The lowest BCUT2D eigenvalue weighted by molar-refractivity contribution is 0.111. The maximum absolute atomic E-state index is 5.42. The highest BCUT2D eigenvalue weighted by Crippen LogP contribution is 2.24. The van der Waals surface area contributed by atoms with Crippen molar-refractivity contribution < 1.29 is 9.15 Å². The number of ether oxygens (including phenoxy) is 1. The molecule has 0 fully saturated rings. The van der Waals surface area contributed by atoms with Crippen LogP contribution in [0.1, 0.15) is 24.9 Å². The lowest BCUT2D eigenvalue weighted by atomic mass is 10.2. The molecular formula is C9H15BrN2O2. The minimum absolute atomic E-state index is 0.0327. The molecule has 0 spiro atoms. The van der Waals surface area contributed by atoms with E-state index in [1.54, 1.807) is 6.26 Å². The van der Waals surface area contributed by atoms with E-state index < -0.39 is 0 Å². The predicted molar refractivity (Wildman–Crippen MR) is 57.6 cm³/mol. The van der Waals surface area contributed by atoms with Gasteiger partial charge < -0.3 is 9.15 Å². The van der Waals surface area contributed by atoms with Gasteiger partial charge in [-0.15, -0.1) is 0 Å². The Balaban J connectivity index is 2.50. The molecule has 5 heteroatoms. The van der Waals surface area contributed by atoms with Gasteiger partial charge in [0.05, 0.1) is 18.9 Å². The summed E-state index contributed by atoms with van der Waals surface area (Å²) >= 11 is 3.30. The van der Waals surface area contributed by atoms with Gasteiger partial charge in [-0.1, -0.05) is 6.92 Å². The van der Waals surface area contributed by atoms with Crippen molar-refractivity contribution in [2.75, 3.05) is 13.2 Å². The Morgan fingerprint density at radius 2 is 2.50 bits per heavy atom. The Hall–Kier alpha value is -0.360. The average molecular weight is 263 g/mol. The summed E-state index contributed by atoms with van der Waals surface area (Å²) in [6, 6.07) is 1.83. The van der Waals surface area contributed by atoms with Crippen LogP contribution in [0.5, 0.6) is 0 Å². The zero-order valence-corrected chi connectivity index (χ0v) is 9.71. The summed E-state index contributed by atoms with van der Waals surface area (Å²) in [5.41, 5.74) is 3.66. The predicted octanol–water partition coefficient (Wildman–Crippen LogP) is 1.97. The highest BCUT2D eigenvalue weighted by atomic mass is 79.9. The van der Waals surface area contributed by atoms with E-state index in [1.165, 1.54) is 0 Å². The monoisotopic (exact) mass is 262 g/mol. The van der Waals surface area contributed by atoms with Gasteiger partial charge in [-0.3, -0.25) is 11.3 Å². The fraction of sp³-hybridized carbons (Fsp3) is 0.556. The number of nitrogens with one attached hydrogen (secondary N) is 1. The average Bonchev–Trinajstić information content (AvgIpc) is 2.60. The van der Waals surface area contributed by atoms with Gasteiger partial charge in [-0.2, -0.15) is 0 Å². The summed E-state index contributed by atoms with van der Waals surface area (Å²) in [6.45, 7) is 3.36. The first kappa shape index (κ1) is 11.7. The first-order valence-corrected chi connectivity index (χ1v) is 5.35. The summed E-state index contributed by atoms with van der Waals surface area (Å²) in [5, 5.41) is 0. The maximum atomic E-state index is 5.42. The van der Waals surface area contributed by atoms with Crippen LogP contribution in [0.2, 0.25) is 0 Å². The normalized spacial score (nSPS) is 13.1. The Morgan fingerprint density at radius 3 is 3.00 bits per heavy atom. The fourth-order valence-electron chi connectivity index (χ4n) is 1.13. The van der Waals surface area contributed by atoms with Crippen molar-refractivity contribution in [2.45, 2.75) is 19.4 Å². The van der Waals surface area contributed by atoms with Crippen LogP contribution in [-0.4, -0.2) is 13.2 Å². The lowest BCUT2D eigenvalue weighted by Gasteiger charge is -2.14. The highest BCUT2D eigenvalue weighted by Gasteiger charge is 2.14. The second-order valence-electron chi connectivity index (χ2n) is 2.94. The molecule has 0 aliphatic rings. The van der Waals surface area contributed by atoms with Crippen LogP contribution >= 0.6 is 15.9 Å². The van der Waals surface area contributed by atoms with Crippen molar-refractivity contribution in [1.29, 1.82) is 0 Å². The van der Waals surface area contributed by atoms with Crippen molar-refractivity contribution in [1.82, 2.24) is 5.43 Å². The van der Waals surface area contributed by atoms with Crippen LogP contribution in [0, 0.1) is 0 Å². The third kappa shape index (κ3) is 3.09. The van der Waals surface area contributed by atoms with Gasteiger partial charge in [-0.25, -0.2) is 0 Å². The third-order valence-electron chi connectivity index (χ3n) is 1.86. The van der Waals surface area contributed by atoms with Crippen LogP contribution in [0.3, 0.4) is 0 Å². The van der Waals surface area contributed by atoms with E-state index in [0.717, 1.165) is 18.6 Å². The third-order valence-corrected chi connectivity index (χ3v) is 2.50. The van der Waals surface area contributed by atoms with Crippen molar-refractivity contribution in [3.05, 3.63) is 22.6 Å². The van der Waals surface area contributed by atoms with Gasteiger partial charge in [-0.05, 0) is 28.4 Å². The Bertz CT molecular complexity index is 265. The van der Waals surface area contributed by atoms with Crippen LogP contribution < -0.4 is 11.3 Å². The quantitative estimate of drug-likeness (QED) is 0.468. The Labute approximate surface area is 91.9 Å². The lowest BCUT2D eigenvalue weighted by Crippen LogP contribution is -2.31. The number of hydrogen-bond acceptors (Lipinski definition) is 4. The van der Waals surface area contributed by atoms with E-state index in [2.05, 4.69) is 28.3 Å². The molecule has 80 valence electrons. The Morgan fingerprint density at radius 1 is 1.71 bits per heavy atom. The zero-order chi connectivity index (χ0) is 10.4. The first-order valence-electron chi connectivity index (χ1n) is 4.56. The number of furan rings is 1. The zero-order valence-electron chi connectivity index (χ0n) is 8.13. The molecular weight excluding hydrogens is 248 g/mol. The molecule has 1 heterocycles. The molecule has 0 aliphatic carbocycles. The first-order chi connectivity index (χ1) is 6.79. The topological polar surface area (TPSA) is 60.4 Å². The number of hydrazine groups is 1. The molecule has 0 amide bonds. The molecule has 0 aromatic carbocycles. The van der Waals surface area contributed by atoms with Gasteiger partial charge in [0.15, 0.2) is 4.67 Å². The number of halogens is 1. The van der Waals surface area contributed by atoms with Crippen LogP contribution in [0.25, 0.3) is 0 Å². The van der Waals surface area contributed by atoms with Crippen LogP contribution in [0.4, 0.5) is 0 Å². The molecule has 0 radical (unpaired) electrons. The number of rotatable bonds is 6. The van der Waals surface area contributed by atoms with Crippen molar-refractivity contribution in [3.8, 4) is 0 Å². The largest absolute Gasteiger partial charge is 0.457 e. The molecule has 1 aromatic heterocycles. The highest BCUT2D eigenvalue weighted by molar-refractivity contribution is 9.10. The fourth-order valence-corrected chi connectivity index (χ4v) is 1.64. The SMILES string of the molecule is CCCOCC(NN)c1ccoc1Br. The summed E-state index contributed by atoms with van der Waals surface area (Å²) in [7, 11) is 0. The molecule has 4 nitrogen and oxygen atoms in total. The molecule has 3 N–H and O–H groups in total. The summed E-state index contributed by atoms with van der Waals surface area (Å²) in [5.74, 6) is 5.42. The Kier molecular flexibility index (Phi) is 5.17. The van der Waals surface area contributed by atoms with Gasteiger partial charge in [0.1, 0.15) is 0 Å². The molecule has 0 bridgehead atoms. The second kappa shape index (κ2) is 6.19. The summed E-state index contributed by atoms with van der Waals surface area (Å²) < 4.78 is 11.2. The van der Waals surface area contributed by atoms with Crippen molar-refractivity contribution >= 4 is 15.9 Å². The van der Waals surface area contributed by atoms with Crippen molar-refractivity contribution in [3.63, 3.8) is 0 Å². The van der Waals surface area contributed by atoms with E-state index in [0.29, 0.717) is 11.3 Å².